The van der Waals surface area contributed by atoms with E-state index in [1.807, 2.05) is 0 Å². The SMILES string of the molecule is Cc1cccc(OCCCCn2c(C(C)(C)C)nc3ccccc32)c1C. The summed E-state index contributed by atoms with van der Waals surface area (Å²) >= 11 is 0. The average molecular weight is 351 g/mol. The molecule has 0 aliphatic heterocycles. The zero-order valence-corrected chi connectivity index (χ0v) is 16.7. The largest absolute Gasteiger partial charge is 0.493 e. The third-order valence-corrected chi connectivity index (χ3v) is 4.91. The first-order chi connectivity index (χ1) is 12.4. The molecule has 1 heterocycles. The molecule has 3 rings (SSSR count). The summed E-state index contributed by atoms with van der Waals surface area (Å²) in [5, 5.41) is 0. The molecule has 0 N–H and O–H groups in total. The van der Waals surface area contributed by atoms with E-state index in [0.717, 1.165) is 43.1 Å². The first-order valence-electron chi connectivity index (χ1n) is 9.52. The van der Waals surface area contributed by atoms with Crippen molar-refractivity contribution in [2.75, 3.05) is 6.61 Å². The van der Waals surface area contributed by atoms with E-state index in [1.165, 1.54) is 16.6 Å². The smallest absolute Gasteiger partial charge is 0.122 e. The predicted octanol–water partition coefficient (Wildman–Crippen LogP) is 5.81. The Kier molecular flexibility index (Phi) is 5.36. The van der Waals surface area contributed by atoms with Gasteiger partial charge in [-0.1, -0.05) is 45.0 Å². The van der Waals surface area contributed by atoms with Crippen molar-refractivity contribution in [3.63, 3.8) is 0 Å². The molecule has 0 aliphatic carbocycles. The van der Waals surface area contributed by atoms with E-state index in [0.29, 0.717) is 0 Å². The van der Waals surface area contributed by atoms with Crippen LogP contribution >= 0.6 is 0 Å². The molecule has 3 heteroatoms. The molecule has 0 amide bonds. The summed E-state index contributed by atoms with van der Waals surface area (Å²) < 4.78 is 8.38. The fraction of sp³-hybridized carbons (Fsp3) is 0.435. The van der Waals surface area contributed by atoms with Crippen LogP contribution in [0.2, 0.25) is 0 Å². The molecular weight excluding hydrogens is 320 g/mol. The minimum absolute atomic E-state index is 0.0359. The lowest BCUT2D eigenvalue weighted by Crippen LogP contribution is -2.19. The number of aryl methyl sites for hydroxylation is 2. The van der Waals surface area contributed by atoms with Crippen LogP contribution in [0.3, 0.4) is 0 Å². The van der Waals surface area contributed by atoms with Gasteiger partial charge in [-0.25, -0.2) is 4.98 Å². The highest BCUT2D eigenvalue weighted by molar-refractivity contribution is 5.76. The van der Waals surface area contributed by atoms with Crippen molar-refractivity contribution in [3.05, 3.63) is 59.4 Å². The number of ether oxygens (including phenoxy) is 1. The lowest BCUT2D eigenvalue weighted by atomic mass is 9.95. The number of hydrogen-bond acceptors (Lipinski definition) is 2. The quantitative estimate of drug-likeness (QED) is 0.525. The van der Waals surface area contributed by atoms with Crippen LogP contribution in [0.4, 0.5) is 0 Å². The van der Waals surface area contributed by atoms with Gasteiger partial charge in [0.15, 0.2) is 0 Å². The predicted molar refractivity (Wildman–Crippen MR) is 109 cm³/mol. The number of rotatable bonds is 6. The standard InChI is InChI=1S/C23H30N2O/c1-17-11-10-14-21(18(17)2)26-16-9-8-15-25-20-13-7-6-12-19(20)24-22(25)23(3,4)5/h6-7,10-14H,8-9,15-16H2,1-5H3. The van der Waals surface area contributed by atoms with Gasteiger partial charge in [-0.15, -0.1) is 0 Å². The fourth-order valence-corrected chi connectivity index (χ4v) is 3.31. The second-order valence-corrected chi connectivity index (χ2v) is 8.08. The molecule has 0 atom stereocenters. The normalized spacial score (nSPS) is 11.9. The van der Waals surface area contributed by atoms with E-state index in [2.05, 4.69) is 81.7 Å². The molecule has 0 saturated heterocycles. The number of fused-ring (bicyclic) bond motifs is 1. The molecule has 0 aliphatic rings. The Morgan fingerprint density at radius 2 is 1.73 bits per heavy atom. The molecule has 0 saturated carbocycles. The highest BCUT2D eigenvalue weighted by atomic mass is 16.5. The number of benzene rings is 2. The molecule has 1 aromatic heterocycles. The van der Waals surface area contributed by atoms with Crippen LogP contribution in [0.5, 0.6) is 5.75 Å². The summed E-state index contributed by atoms with van der Waals surface area (Å²) in [5.41, 5.74) is 4.87. The van der Waals surface area contributed by atoms with E-state index < -0.39 is 0 Å². The molecule has 0 fully saturated rings. The van der Waals surface area contributed by atoms with Gasteiger partial charge in [0.2, 0.25) is 0 Å². The molecular formula is C23H30N2O. The molecule has 2 aromatic carbocycles. The monoisotopic (exact) mass is 350 g/mol. The van der Waals surface area contributed by atoms with Crippen LogP contribution in [-0.4, -0.2) is 16.2 Å². The van der Waals surface area contributed by atoms with E-state index in [9.17, 15) is 0 Å². The molecule has 3 aromatic rings. The Hall–Kier alpha value is -2.29. The van der Waals surface area contributed by atoms with E-state index in [4.69, 9.17) is 9.72 Å². The third kappa shape index (κ3) is 3.92. The maximum Gasteiger partial charge on any atom is 0.122 e. The van der Waals surface area contributed by atoms with Gasteiger partial charge in [0.25, 0.3) is 0 Å². The lowest BCUT2D eigenvalue weighted by Gasteiger charge is -2.20. The van der Waals surface area contributed by atoms with Gasteiger partial charge in [-0.3, -0.25) is 0 Å². The number of para-hydroxylation sites is 2. The number of hydrogen-bond donors (Lipinski definition) is 0. The minimum atomic E-state index is 0.0359. The van der Waals surface area contributed by atoms with E-state index in [-0.39, 0.29) is 5.41 Å². The van der Waals surface area contributed by atoms with Crippen LogP contribution < -0.4 is 4.74 Å². The van der Waals surface area contributed by atoms with Gasteiger partial charge in [-0.05, 0) is 56.0 Å². The molecule has 0 spiro atoms. The summed E-state index contributed by atoms with van der Waals surface area (Å²) in [7, 11) is 0. The second kappa shape index (κ2) is 7.53. The van der Waals surface area contributed by atoms with Crippen molar-refractivity contribution in [1.29, 1.82) is 0 Å². The molecule has 138 valence electrons. The van der Waals surface area contributed by atoms with Gasteiger partial charge in [0, 0.05) is 12.0 Å². The van der Waals surface area contributed by atoms with Crippen LogP contribution in [0.15, 0.2) is 42.5 Å². The minimum Gasteiger partial charge on any atom is -0.493 e. The van der Waals surface area contributed by atoms with E-state index in [1.54, 1.807) is 0 Å². The maximum atomic E-state index is 6.00. The Labute approximate surface area is 157 Å². The van der Waals surface area contributed by atoms with Gasteiger partial charge >= 0.3 is 0 Å². The van der Waals surface area contributed by atoms with Crippen LogP contribution in [0.1, 0.15) is 50.6 Å². The van der Waals surface area contributed by atoms with E-state index >= 15 is 0 Å². The van der Waals surface area contributed by atoms with Crippen molar-refractivity contribution in [2.24, 2.45) is 0 Å². The van der Waals surface area contributed by atoms with Crippen LogP contribution in [0, 0.1) is 13.8 Å². The summed E-state index contributed by atoms with van der Waals surface area (Å²) in [5.74, 6) is 2.17. The topological polar surface area (TPSA) is 27.1 Å². The van der Waals surface area contributed by atoms with Crippen LogP contribution in [-0.2, 0) is 12.0 Å². The second-order valence-electron chi connectivity index (χ2n) is 8.08. The first-order valence-corrected chi connectivity index (χ1v) is 9.52. The number of nitrogens with zero attached hydrogens (tertiary/aromatic N) is 2. The summed E-state index contributed by atoms with van der Waals surface area (Å²) in [6.07, 6.45) is 2.11. The molecule has 0 unspecified atom stereocenters. The average Bonchev–Trinajstić information content (AvgIpc) is 2.97. The van der Waals surface area contributed by atoms with Gasteiger partial charge in [0.05, 0.1) is 17.6 Å². The Morgan fingerprint density at radius 3 is 2.50 bits per heavy atom. The Balaban J connectivity index is 1.64. The zero-order chi connectivity index (χ0) is 18.7. The van der Waals surface area contributed by atoms with Crippen LogP contribution in [0.25, 0.3) is 11.0 Å². The molecule has 26 heavy (non-hydrogen) atoms. The van der Waals surface area contributed by atoms with Crippen molar-refractivity contribution < 1.29 is 4.74 Å². The van der Waals surface area contributed by atoms with Crippen molar-refractivity contribution in [3.8, 4) is 5.75 Å². The highest BCUT2D eigenvalue weighted by Crippen LogP contribution is 2.27. The summed E-state index contributed by atoms with van der Waals surface area (Å²) in [6, 6.07) is 14.7. The van der Waals surface area contributed by atoms with Gasteiger partial charge in [0.1, 0.15) is 11.6 Å². The third-order valence-electron chi connectivity index (χ3n) is 4.91. The molecule has 0 bridgehead atoms. The summed E-state index contributed by atoms with van der Waals surface area (Å²) in [6.45, 7) is 12.7. The van der Waals surface area contributed by atoms with Gasteiger partial charge < -0.3 is 9.30 Å². The zero-order valence-electron chi connectivity index (χ0n) is 16.7. The maximum absolute atomic E-state index is 6.00. The lowest BCUT2D eigenvalue weighted by molar-refractivity contribution is 0.300. The highest BCUT2D eigenvalue weighted by Gasteiger charge is 2.22. The Bertz CT molecular complexity index is 887. The fourth-order valence-electron chi connectivity index (χ4n) is 3.31. The molecule has 3 nitrogen and oxygen atoms in total. The first kappa shape index (κ1) is 18.5. The van der Waals surface area contributed by atoms with Crippen molar-refractivity contribution in [1.82, 2.24) is 9.55 Å². The number of unbranched alkanes of at least 4 members (excludes halogenated alkanes) is 1. The number of aromatic nitrogens is 2. The van der Waals surface area contributed by atoms with Gasteiger partial charge in [-0.2, -0.15) is 0 Å². The molecule has 0 radical (unpaired) electrons. The van der Waals surface area contributed by atoms with Crippen molar-refractivity contribution >= 4 is 11.0 Å². The summed E-state index contributed by atoms with van der Waals surface area (Å²) in [4.78, 5) is 4.88. The van der Waals surface area contributed by atoms with Crippen molar-refractivity contribution in [2.45, 2.75) is 59.4 Å². The number of imidazole rings is 1. The Morgan fingerprint density at radius 1 is 0.962 bits per heavy atom.